The van der Waals surface area contributed by atoms with Gasteiger partial charge in [-0.05, 0) is 55.8 Å². The Hall–Kier alpha value is -2.73. The van der Waals surface area contributed by atoms with Crippen molar-refractivity contribution in [1.82, 2.24) is 5.32 Å². The van der Waals surface area contributed by atoms with Crippen molar-refractivity contribution >= 4 is 34.9 Å². The van der Waals surface area contributed by atoms with E-state index in [0.717, 1.165) is 17.0 Å². The van der Waals surface area contributed by atoms with Gasteiger partial charge in [-0.15, -0.1) is 0 Å². The third-order valence-corrected chi connectivity index (χ3v) is 4.76. The minimum absolute atomic E-state index is 0.0251. The molecular formula is C20H22ClN3O3. The van der Waals surface area contributed by atoms with E-state index in [4.69, 9.17) is 16.3 Å². The van der Waals surface area contributed by atoms with Crippen molar-refractivity contribution in [2.75, 3.05) is 23.4 Å². The van der Waals surface area contributed by atoms with E-state index in [0.29, 0.717) is 23.9 Å². The third kappa shape index (κ3) is 4.71. The molecule has 3 amide bonds. The zero-order valence-corrected chi connectivity index (χ0v) is 16.0. The van der Waals surface area contributed by atoms with Crippen molar-refractivity contribution in [2.24, 2.45) is 0 Å². The Bertz CT molecular complexity index is 839. The monoisotopic (exact) mass is 387 g/mol. The normalized spacial score (nSPS) is 16.3. The van der Waals surface area contributed by atoms with Crippen LogP contribution < -0.4 is 20.3 Å². The van der Waals surface area contributed by atoms with Gasteiger partial charge in [-0.2, -0.15) is 0 Å². The number of nitrogens with zero attached hydrogens (tertiary/aromatic N) is 1. The Kier molecular flexibility index (Phi) is 5.86. The number of hydrogen-bond acceptors (Lipinski definition) is 3. The molecular weight excluding hydrogens is 366 g/mol. The van der Waals surface area contributed by atoms with E-state index in [-0.39, 0.29) is 24.4 Å². The molecule has 1 heterocycles. The smallest absolute Gasteiger partial charge is 0.319 e. The zero-order valence-electron chi connectivity index (χ0n) is 15.3. The molecule has 1 unspecified atom stereocenters. The van der Waals surface area contributed by atoms with Gasteiger partial charge in [0.2, 0.25) is 5.91 Å². The van der Waals surface area contributed by atoms with Gasteiger partial charge in [0.05, 0.1) is 12.6 Å². The van der Waals surface area contributed by atoms with Gasteiger partial charge in [-0.3, -0.25) is 4.79 Å². The minimum Gasteiger partial charge on any atom is -0.494 e. The molecule has 0 spiro atoms. The summed E-state index contributed by atoms with van der Waals surface area (Å²) in [4.78, 5) is 26.2. The van der Waals surface area contributed by atoms with Crippen LogP contribution in [0.5, 0.6) is 5.75 Å². The van der Waals surface area contributed by atoms with Crippen molar-refractivity contribution in [1.29, 1.82) is 0 Å². The van der Waals surface area contributed by atoms with Gasteiger partial charge < -0.3 is 20.3 Å². The molecule has 7 heteroatoms. The quantitative estimate of drug-likeness (QED) is 0.815. The highest BCUT2D eigenvalue weighted by atomic mass is 35.5. The van der Waals surface area contributed by atoms with Crippen LogP contribution >= 0.6 is 11.6 Å². The second-order valence-electron chi connectivity index (χ2n) is 6.39. The van der Waals surface area contributed by atoms with E-state index in [9.17, 15) is 9.59 Å². The summed E-state index contributed by atoms with van der Waals surface area (Å²) in [5.74, 6) is 0.738. The molecule has 142 valence electrons. The fourth-order valence-corrected chi connectivity index (χ4v) is 3.15. The van der Waals surface area contributed by atoms with Crippen LogP contribution in [0.3, 0.4) is 0 Å². The molecule has 2 aromatic carbocycles. The number of rotatable bonds is 5. The number of aryl methyl sites for hydroxylation is 1. The first kappa shape index (κ1) is 19.0. The summed E-state index contributed by atoms with van der Waals surface area (Å²) in [5.41, 5.74) is 2.34. The number of hydrogen-bond donors (Lipinski definition) is 2. The zero-order chi connectivity index (χ0) is 19.4. The fourth-order valence-electron chi connectivity index (χ4n) is 2.97. The molecule has 27 heavy (non-hydrogen) atoms. The third-order valence-electron chi connectivity index (χ3n) is 4.35. The lowest BCUT2D eigenvalue weighted by molar-refractivity contribution is -0.117. The molecule has 1 fully saturated rings. The van der Waals surface area contributed by atoms with Crippen molar-refractivity contribution in [3.63, 3.8) is 0 Å². The molecule has 1 saturated heterocycles. The molecule has 0 aliphatic carbocycles. The molecule has 0 radical (unpaired) electrons. The van der Waals surface area contributed by atoms with Crippen LogP contribution in [-0.2, 0) is 4.79 Å². The highest BCUT2D eigenvalue weighted by molar-refractivity contribution is 6.31. The minimum atomic E-state index is -0.360. The molecule has 0 saturated carbocycles. The average Bonchev–Trinajstić information content (AvgIpc) is 2.99. The summed E-state index contributed by atoms with van der Waals surface area (Å²) in [6.07, 6.45) is 0.259. The molecule has 1 atom stereocenters. The highest BCUT2D eigenvalue weighted by Gasteiger charge is 2.31. The number of benzene rings is 2. The standard InChI is InChI=1S/C20H22ClN3O3/c1-3-27-17-8-6-16(7-9-17)24-12-15(11-19(24)25)23-20(26)22-14-5-4-13(2)18(21)10-14/h4-10,15H,3,11-12H2,1-2H3,(H2,22,23,26). The van der Waals surface area contributed by atoms with Crippen LogP contribution in [0.4, 0.5) is 16.2 Å². The number of carbonyl (C=O) groups excluding carboxylic acids is 2. The lowest BCUT2D eigenvalue weighted by Crippen LogP contribution is -2.39. The predicted octanol–water partition coefficient (Wildman–Crippen LogP) is 3.97. The van der Waals surface area contributed by atoms with Gasteiger partial charge >= 0.3 is 6.03 Å². The largest absolute Gasteiger partial charge is 0.494 e. The number of halogens is 1. The first-order valence-corrected chi connectivity index (χ1v) is 9.21. The van der Waals surface area contributed by atoms with Gasteiger partial charge in [0.15, 0.2) is 0 Å². The maximum absolute atomic E-state index is 12.3. The van der Waals surface area contributed by atoms with Crippen LogP contribution in [0.25, 0.3) is 0 Å². The van der Waals surface area contributed by atoms with Crippen LogP contribution in [0.2, 0.25) is 5.02 Å². The summed E-state index contributed by atoms with van der Waals surface area (Å²) in [6.45, 7) is 4.83. The lowest BCUT2D eigenvalue weighted by atomic mass is 10.2. The summed E-state index contributed by atoms with van der Waals surface area (Å²) < 4.78 is 5.42. The average molecular weight is 388 g/mol. The summed E-state index contributed by atoms with van der Waals surface area (Å²) in [6, 6.07) is 12.1. The van der Waals surface area contributed by atoms with E-state index in [1.807, 2.05) is 44.2 Å². The molecule has 1 aliphatic rings. The second kappa shape index (κ2) is 8.31. The Morgan fingerprint density at radius 3 is 2.67 bits per heavy atom. The predicted molar refractivity (Wildman–Crippen MR) is 107 cm³/mol. The van der Waals surface area contributed by atoms with Gasteiger partial charge in [-0.1, -0.05) is 17.7 Å². The number of carbonyl (C=O) groups is 2. The van der Waals surface area contributed by atoms with E-state index in [1.54, 1.807) is 17.0 Å². The maximum Gasteiger partial charge on any atom is 0.319 e. The van der Waals surface area contributed by atoms with Crippen LogP contribution in [0.15, 0.2) is 42.5 Å². The second-order valence-corrected chi connectivity index (χ2v) is 6.80. The van der Waals surface area contributed by atoms with Gasteiger partial charge in [0.25, 0.3) is 0 Å². The number of urea groups is 1. The SMILES string of the molecule is CCOc1ccc(N2CC(NC(=O)Nc3ccc(C)c(Cl)c3)CC2=O)cc1. The Labute approximate surface area is 163 Å². The van der Waals surface area contributed by atoms with Crippen molar-refractivity contribution in [2.45, 2.75) is 26.3 Å². The summed E-state index contributed by atoms with van der Waals surface area (Å²) >= 11 is 6.07. The molecule has 2 aromatic rings. The lowest BCUT2D eigenvalue weighted by Gasteiger charge is -2.18. The first-order valence-electron chi connectivity index (χ1n) is 8.83. The van der Waals surface area contributed by atoms with Crippen LogP contribution in [-0.4, -0.2) is 31.1 Å². The van der Waals surface area contributed by atoms with Gasteiger partial charge in [0.1, 0.15) is 5.75 Å². The van der Waals surface area contributed by atoms with E-state index in [2.05, 4.69) is 10.6 Å². The Morgan fingerprint density at radius 1 is 1.26 bits per heavy atom. The Morgan fingerprint density at radius 2 is 2.00 bits per heavy atom. The topological polar surface area (TPSA) is 70.7 Å². The number of anilines is 2. The summed E-state index contributed by atoms with van der Waals surface area (Å²) in [7, 11) is 0. The maximum atomic E-state index is 12.3. The number of nitrogens with one attached hydrogen (secondary N) is 2. The highest BCUT2D eigenvalue weighted by Crippen LogP contribution is 2.24. The van der Waals surface area contributed by atoms with Gasteiger partial charge in [0, 0.05) is 29.4 Å². The molecule has 3 rings (SSSR count). The van der Waals surface area contributed by atoms with E-state index < -0.39 is 0 Å². The number of ether oxygens (including phenoxy) is 1. The van der Waals surface area contributed by atoms with Gasteiger partial charge in [-0.25, -0.2) is 4.79 Å². The van der Waals surface area contributed by atoms with Crippen molar-refractivity contribution < 1.29 is 14.3 Å². The van der Waals surface area contributed by atoms with Crippen molar-refractivity contribution in [3.05, 3.63) is 53.1 Å². The summed E-state index contributed by atoms with van der Waals surface area (Å²) in [5, 5.41) is 6.18. The molecule has 0 bridgehead atoms. The Balaban J connectivity index is 1.58. The van der Waals surface area contributed by atoms with E-state index >= 15 is 0 Å². The molecule has 0 aromatic heterocycles. The molecule has 2 N–H and O–H groups in total. The van der Waals surface area contributed by atoms with E-state index in [1.165, 1.54) is 0 Å². The first-order chi connectivity index (χ1) is 13.0. The number of amides is 3. The molecule has 1 aliphatic heterocycles. The van der Waals surface area contributed by atoms with Crippen LogP contribution in [0, 0.1) is 6.92 Å². The van der Waals surface area contributed by atoms with Crippen LogP contribution in [0.1, 0.15) is 18.9 Å². The fraction of sp³-hybridized carbons (Fsp3) is 0.300. The molecule has 6 nitrogen and oxygen atoms in total. The van der Waals surface area contributed by atoms with Crippen molar-refractivity contribution in [3.8, 4) is 5.75 Å².